The normalized spacial score (nSPS) is 11.1. The highest BCUT2D eigenvalue weighted by Crippen LogP contribution is 2.09. The van der Waals surface area contributed by atoms with Gasteiger partial charge in [0.1, 0.15) is 6.33 Å². The number of aromatic nitrogens is 3. The molecule has 80 valence electrons. The van der Waals surface area contributed by atoms with E-state index in [4.69, 9.17) is 5.73 Å². The lowest BCUT2D eigenvalue weighted by Crippen LogP contribution is -2.25. The molecule has 0 amide bonds. The summed E-state index contributed by atoms with van der Waals surface area (Å²) >= 11 is 1.64. The van der Waals surface area contributed by atoms with E-state index >= 15 is 0 Å². The van der Waals surface area contributed by atoms with Crippen LogP contribution < -0.4 is 5.73 Å². The van der Waals surface area contributed by atoms with Gasteiger partial charge in [0.15, 0.2) is 0 Å². The van der Waals surface area contributed by atoms with E-state index in [0.717, 1.165) is 25.4 Å². The van der Waals surface area contributed by atoms with Crippen LogP contribution in [0.1, 0.15) is 13.8 Å². The molecule has 0 saturated heterocycles. The molecule has 0 bridgehead atoms. The van der Waals surface area contributed by atoms with Gasteiger partial charge in [0.05, 0.1) is 0 Å². The number of nitrogen functional groups attached to an aromatic ring is 1. The zero-order valence-corrected chi connectivity index (χ0v) is 9.50. The van der Waals surface area contributed by atoms with Crippen LogP contribution >= 0.6 is 11.9 Å². The van der Waals surface area contributed by atoms with Crippen molar-refractivity contribution in [2.45, 2.75) is 13.8 Å². The first-order valence-electron chi connectivity index (χ1n) is 4.79. The first kappa shape index (κ1) is 11.3. The number of hydrogen-bond donors (Lipinski definition) is 1. The largest absolute Gasteiger partial charge is 0.367 e. The summed E-state index contributed by atoms with van der Waals surface area (Å²) in [5, 5.41) is 7.42. The maximum Gasteiger partial charge on any atom is 0.232 e. The third kappa shape index (κ3) is 3.19. The zero-order valence-electron chi connectivity index (χ0n) is 8.68. The van der Waals surface area contributed by atoms with E-state index in [-0.39, 0.29) is 0 Å². The third-order valence-corrected chi connectivity index (χ3v) is 3.00. The Bertz CT molecular complexity index is 258. The van der Waals surface area contributed by atoms with Crippen LogP contribution in [0.2, 0.25) is 0 Å². The molecule has 2 N–H and O–H groups in total. The second-order valence-corrected chi connectivity index (χ2v) is 3.93. The molecule has 14 heavy (non-hydrogen) atoms. The minimum atomic E-state index is 0.467. The maximum atomic E-state index is 5.58. The van der Waals surface area contributed by atoms with Crippen molar-refractivity contribution in [3.8, 4) is 0 Å². The Labute approximate surface area is 88.8 Å². The number of rotatable bonds is 6. The van der Waals surface area contributed by atoms with Gasteiger partial charge in [-0.3, -0.25) is 0 Å². The van der Waals surface area contributed by atoms with E-state index in [1.807, 2.05) is 0 Å². The Morgan fingerprint density at radius 2 is 2.21 bits per heavy atom. The van der Waals surface area contributed by atoms with Crippen LogP contribution in [-0.4, -0.2) is 44.5 Å². The molecule has 6 heteroatoms. The molecule has 0 aromatic carbocycles. The minimum Gasteiger partial charge on any atom is -0.367 e. The fraction of sp³-hybridized carbons (Fsp3) is 0.750. The molecular weight excluding hydrogens is 198 g/mol. The Morgan fingerprint density at radius 3 is 2.71 bits per heavy atom. The molecule has 0 aliphatic rings. The molecule has 0 saturated carbocycles. The van der Waals surface area contributed by atoms with E-state index in [2.05, 4.69) is 28.9 Å². The molecule has 0 aliphatic heterocycles. The summed E-state index contributed by atoms with van der Waals surface area (Å²) < 4.78 is 1.80. The smallest absolute Gasteiger partial charge is 0.232 e. The van der Waals surface area contributed by atoms with Gasteiger partial charge in [0.25, 0.3) is 0 Å². The number of anilines is 1. The average Bonchev–Trinajstić information content (AvgIpc) is 2.59. The standard InChI is InChI=1S/C8H17N5S/c1-3-12(4-2)5-6-14-13-7-10-11-8(13)9/h7H,3-6H2,1-2H3,(H2,9,11). The van der Waals surface area contributed by atoms with Crippen LogP contribution in [0.15, 0.2) is 6.33 Å². The van der Waals surface area contributed by atoms with Gasteiger partial charge in [-0.05, 0) is 25.0 Å². The maximum absolute atomic E-state index is 5.58. The molecule has 1 rings (SSSR count). The van der Waals surface area contributed by atoms with E-state index in [0.29, 0.717) is 5.95 Å². The van der Waals surface area contributed by atoms with Crippen molar-refractivity contribution in [1.29, 1.82) is 0 Å². The minimum absolute atomic E-state index is 0.467. The summed E-state index contributed by atoms with van der Waals surface area (Å²) in [6, 6.07) is 0. The topological polar surface area (TPSA) is 60.0 Å². The number of hydrogen-bond acceptors (Lipinski definition) is 5. The molecule has 0 spiro atoms. The average molecular weight is 215 g/mol. The van der Waals surface area contributed by atoms with Crippen LogP contribution in [0, 0.1) is 0 Å². The van der Waals surface area contributed by atoms with Gasteiger partial charge in [-0.1, -0.05) is 13.8 Å². The summed E-state index contributed by atoms with van der Waals surface area (Å²) in [6.07, 6.45) is 1.64. The molecule has 1 heterocycles. The Morgan fingerprint density at radius 1 is 1.50 bits per heavy atom. The van der Waals surface area contributed by atoms with Gasteiger partial charge in [0, 0.05) is 12.3 Å². The first-order valence-corrected chi connectivity index (χ1v) is 5.73. The molecule has 1 aromatic heterocycles. The molecule has 0 radical (unpaired) electrons. The molecule has 0 aliphatic carbocycles. The van der Waals surface area contributed by atoms with Gasteiger partial charge < -0.3 is 10.6 Å². The molecule has 1 aromatic rings. The predicted molar refractivity (Wildman–Crippen MR) is 60.1 cm³/mol. The SMILES string of the molecule is CCN(CC)CCSn1cnnc1N. The highest BCUT2D eigenvalue weighted by Gasteiger charge is 2.01. The third-order valence-electron chi connectivity index (χ3n) is 2.07. The zero-order chi connectivity index (χ0) is 10.4. The number of nitrogens with two attached hydrogens (primary N) is 1. The summed E-state index contributed by atoms with van der Waals surface area (Å²) in [7, 11) is 0. The monoisotopic (exact) mass is 215 g/mol. The summed E-state index contributed by atoms with van der Waals surface area (Å²) in [6.45, 7) is 7.58. The fourth-order valence-corrected chi connectivity index (χ4v) is 1.96. The lowest BCUT2D eigenvalue weighted by molar-refractivity contribution is 0.324. The van der Waals surface area contributed by atoms with E-state index < -0.39 is 0 Å². The molecular formula is C8H17N5S. The van der Waals surface area contributed by atoms with Crippen LogP contribution in [0.4, 0.5) is 5.95 Å². The van der Waals surface area contributed by atoms with Crippen molar-refractivity contribution in [3.63, 3.8) is 0 Å². The summed E-state index contributed by atoms with van der Waals surface area (Å²) in [5.74, 6) is 1.47. The molecule has 5 nitrogen and oxygen atoms in total. The highest BCUT2D eigenvalue weighted by atomic mass is 32.2. The number of nitrogens with zero attached hydrogens (tertiary/aromatic N) is 4. The predicted octanol–water partition coefficient (Wildman–Crippen LogP) is 0.698. The van der Waals surface area contributed by atoms with Crippen molar-refractivity contribution >= 4 is 17.9 Å². The highest BCUT2D eigenvalue weighted by molar-refractivity contribution is 7.97. The van der Waals surface area contributed by atoms with Gasteiger partial charge >= 0.3 is 0 Å². The van der Waals surface area contributed by atoms with Gasteiger partial charge in [-0.25, -0.2) is 3.97 Å². The second-order valence-electron chi connectivity index (χ2n) is 2.88. The lowest BCUT2D eigenvalue weighted by Gasteiger charge is -2.17. The molecule has 0 fully saturated rings. The van der Waals surface area contributed by atoms with E-state index in [9.17, 15) is 0 Å². The van der Waals surface area contributed by atoms with Crippen LogP contribution in [0.5, 0.6) is 0 Å². The summed E-state index contributed by atoms with van der Waals surface area (Å²) in [5.41, 5.74) is 5.58. The Hall–Kier alpha value is -0.750. The van der Waals surface area contributed by atoms with Gasteiger partial charge in [0.2, 0.25) is 5.95 Å². The van der Waals surface area contributed by atoms with Crippen LogP contribution in [0.25, 0.3) is 0 Å². The van der Waals surface area contributed by atoms with Crippen molar-refractivity contribution < 1.29 is 0 Å². The van der Waals surface area contributed by atoms with Gasteiger partial charge in [-0.15, -0.1) is 10.2 Å². The molecule has 0 unspecified atom stereocenters. The van der Waals surface area contributed by atoms with Crippen molar-refractivity contribution in [2.24, 2.45) is 0 Å². The fourth-order valence-electron chi connectivity index (χ4n) is 1.14. The van der Waals surface area contributed by atoms with Crippen molar-refractivity contribution in [1.82, 2.24) is 19.1 Å². The van der Waals surface area contributed by atoms with Gasteiger partial charge in [-0.2, -0.15) is 0 Å². The molecule has 0 atom stereocenters. The Kier molecular flexibility index (Phi) is 4.75. The first-order chi connectivity index (χ1) is 6.77. The lowest BCUT2D eigenvalue weighted by atomic mass is 10.5. The second kappa shape index (κ2) is 5.87. The quantitative estimate of drug-likeness (QED) is 0.757. The van der Waals surface area contributed by atoms with Crippen LogP contribution in [0.3, 0.4) is 0 Å². The Balaban J connectivity index is 2.24. The van der Waals surface area contributed by atoms with Crippen molar-refractivity contribution in [3.05, 3.63) is 6.33 Å². The van der Waals surface area contributed by atoms with Crippen LogP contribution in [-0.2, 0) is 0 Å². The van der Waals surface area contributed by atoms with E-state index in [1.165, 1.54) is 0 Å². The van der Waals surface area contributed by atoms with Crippen molar-refractivity contribution in [2.75, 3.05) is 31.1 Å². The van der Waals surface area contributed by atoms with E-state index in [1.54, 1.807) is 22.2 Å². The summed E-state index contributed by atoms with van der Waals surface area (Å²) in [4.78, 5) is 2.37.